The highest BCUT2D eigenvalue weighted by atomic mass is 79.9. The predicted molar refractivity (Wildman–Crippen MR) is 63.7 cm³/mol. The van der Waals surface area contributed by atoms with Gasteiger partial charge >= 0.3 is 0 Å². The number of amides is 1. The van der Waals surface area contributed by atoms with Crippen LogP contribution in [0.25, 0.3) is 0 Å². The third kappa shape index (κ3) is 3.89. The smallest absolute Gasteiger partial charge is 0.226 e. The lowest BCUT2D eigenvalue weighted by atomic mass is 10.2. The summed E-state index contributed by atoms with van der Waals surface area (Å²) in [5.41, 5.74) is 6.89. The summed E-state index contributed by atoms with van der Waals surface area (Å²) in [6.07, 6.45) is 0.331. The molecule has 0 heterocycles. The minimum Gasteiger partial charge on any atom is -0.399 e. The van der Waals surface area contributed by atoms with Crippen molar-refractivity contribution in [1.82, 2.24) is 0 Å². The molecular weight excluding hydrogens is 260 g/mol. The minimum atomic E-state index is -0.0943. The summed E-state index contributed by atoms with van der Waals surface area (Å²) in [5, 5.41) is 2.74. The Morgan fingerprint density at radius 1 is 1.60 bits per heavy atom. The standard InChI is InChI=1S/C10H13BrN2O2/c1-15-5-4-10(14)13-9-6-7(12)2-3-8(9)11/h2-3,6H,4-5,12H2,1H3,(H,13,14). The zero-order valence-corrected chi connectivity index (χ0v) is 10.0. The van der Waals surface area contributed by atoms with Crippen LogP contribution >= 0.6 is 15.9 Å². The average Bonchev–Trinajstić information content (AvgIpc) is 2.20. The van der Waals surface area contributed by atoms with Gasteiger partial charge < -0.3 is 15.8 Å². The monoisotopic (exact) mass is 272 g/mol. The fourth-order valence-corrected chi connectivity index (χ4v) is 1.39. The molecular formula is C10H13BrN2O2. The first-order chi connectivity index (χ1) is 7.13. The molecule has 0 aromatic heterocycles. The van der Waals surface area contributed by atoms with Crippen molar-refractivity contribution >= 4 is 33.2 Å². The van der Waals surface area contributed by atoms with Crippen molar-refractivity contribution in [3.8, 4) is 0 Å². The molecule has 0 aliphatic heterocycles. The van der Waals surface area contributed by atoms with E-state index in [0.717, 1.165) is 4.47 Å². The lowest BCUT2D eigenvalue weighted by Gasteiger charge is -2.07. The van der Waals surface area contributed by atoms with E-state index in [1.165, 1.54) is 0 Å². The van der Waals surface area contributed by atoms with Crippen molar-refractivity contribution in [1.29, 1.82) is 0 Å². The third-order valence-electron chi connectivity index (χ3n) is 1.80. The van der Waals surface area contributed by atoms with Gasteiger partial charge in [0.25, 0.3) is 0 Å². The quantitative estimate of drug-likeness (QED) is 0.825. The summed E-state index contributed by atoms with van der Waals surface area (Å²) in [6, 6.07) is 5.25. The van der Waals surface area contributed by atoms with Crippen molar-refractivity contribution in [2.24, 2.45) is 0 Å². The van der Waals surface area contributed by atoms with Crippen LogP contribution in [0.2, 0.25) is 0 Å². The minimum absolute atomic E-state index is 0.0943. The number of carbonyl (C=O) groups is 1. The van der Waals surface area contributed by atoms with E-state index in [9.17, 15) is 4.79 Å². The van der Waals surface area contributed by atoms with Gasteiger partial charge in [0.2, 0.25) is 5.91 Å². The highest BCUT2D eigenvalue weighted by Crippen LogP contribution is 2.24. The van der Waals surface area contributed by atoms with E-state index >= 15 is 0 Å². The maximum atomic E-state index is 11.4. The average molecular weight is 273 g/mol. The van der Waals surface area contributed by atoms with Crippen LogP contribution in [0, 0.1) is 0 Å². The molecule has 3 N–H and O–H groups in total. The Morgan fingerprint density at radius 2 is 2.33 bits per heavy atom. The molecule has 82 valence electrons. The fourth-order valence-electron chi connectivity index (χ4n) is 1.05. The zero-order chi connectivity index (χ0) is 11.3. The fraction of sp³-hybridized carbons (Fsp3) is 0.300. The molecule has 0 unspecified atom stereocenters. The molecule has 15 heavy (non-hydrogen) atoms. The number of hydrogen-bond donors (Lipinski definition) is 2. The number of methoxy groups -OCH3 is 1. The molecule has 4 nitrogen and oxygen atoms in total. The van der Waals surface area contributed by atoms with Crippen LogP contribution in [-0.2, 0) is 9.53 Å². The van der Waals surface area contributed by atoms with Gasteiger partial charge in [0, 0.05) is 17.3 Å². The van der Waals surface area contributed by atoms with Crippen LogP contribution < -0.4 is 11.1 Å². The van der Waals surface area contributed by atoms with Gasteiger partial charge in [0.15, 0.2) is 0 Å². The predicted octanol–water partition coefficient (Wildman–Crippen LogP) is 2.01. The number of ether oxygens (including phenoxy) is 1. The van der Waals surface area contributed by atoms with Gasteiger partial charge in [-0.2, -0.15) is 0 Å². The first-order valence-electron chi connectivity index (χ1n) is 4.47. The molecule has 0 aliphatic rings. The summed E-state index contributed by atoms with van der Waals surface area (Å²) in [5.74, 6) is -0.0943. The van der Waals surface area contributed by atoms with Crippen molar-refractivity contribution in [2.75, 3.05) is 24.8 Å². The summed E-state index contributed by atoms with van der Waals surface area (Å²) >= 11 is 3.33. The van der Waals surface area contributed by atoms with Crippen LogP contribution in [0.3, 0.4) is 0 Å². The van der Waals surface area contributed by atoms with Gasteiger partial charge in [-0.3, -0.25) is 4.79 Å². The van der Waals surface area contributed by atoms with Gasteiger partial charge in [0.05, 0.1) is 18.7 Å². The van der Waals surface area contributed by atoms with Gasteiger partial charge in [0.1, 0.15) is 0 Å². The zero-order valence-electron chi connectivity index (χ0n) is 8.42. The van der Waals surface area contributed by atoms with Crippen LogP contribution in [-0.4, -0.2) is 19.6 Å². The molecule has 1 amide bonds. The van der Waals surface area contributed by atoms with Gasteiger partial charge in [-0.25, -0.2) is 0 Å². The lowest BCUT2D eigenvalue weighted by Crippen LogP contribution is -2.14. The molecule has 0 radical (unpaired) electrons. The second-order valence-corrected chi connectivity index (χ2v) is 3.88. The molecule has 5 heteroatoms. The van der Waals surface area contributed by atoms with Gasteiger partial charge in [-0.1, -0.05) is 0 Å². The Labute approximate surface area is 96.9 Å². The molecule has 0 atom stereocenters. The van der Waals surface area contributed by atoms with E-state index in [2.05, 4.69) is 21.2 Å². The first-order valence-corrected chi connectivity index (χ1v) is 5.26. The van der Waals surface area contributed by atoms with E-state index in [4.69, 9.17) is 10.5 Å². The molecule has 0 fully saturated rings. The molecule has 0 saturated heterocycles. The van der Waals surface area contributed by atoms with Gasteiger partial charge in [-0.15, -0.1) is 0 Å². The molecule has 0 spiro atoms. The van der Waals surface area contributed by atoms with Crippen LogP contribution in [0.15, 0.2) is 22.7 Å². The summed E-state index contributed by atoms with van der Waals surface area (Å²) in [6.45, 7) is 0.409. The summed E-state index contributed by atoms with van der Waals surface area (Å²) < 4.78 is 5.61. The van der Waals surface area contributed by atoms with Crippen LogP contribution in [0.4, 0.5) is 11.4 Å². The lowest BCUT2D eigenvalue weighted by molar-refractivity contribution is -0.117. The van der Waals surface area contributed by atoms with Gasteiger partial charge in [-0.05, 0) is 34.1 Å². The SMILES string of the molecule is COCCC(=O)Nc1cc(N)ccc1Br. The molecule has 0 saturated carbocycles. The summed E-state index contributed by atoms with van der Waals surface area (Å²) in [4.78, 5) is 11.4. The topological polar surface area (TPSA) is 64.3 Å². The number of carbonyl (C=O) groups excluding carboxylic acids is 1. The number of nitrogen functional groups attached to an aromatic ring is 1. The van der Waals surface area contributed by atoms with Crippen molar-refractivity contribution in [2.45, 2.75) is 6.42 Å². The normalized spacial score (nSPS) is 10.0. The number of nitrogens with two attached hydrogens (primary N) is 1. The maximum absolute atomic E-state index is 11.4. The number of benzene rings is 1. The van der Waals surface area contributed by atoms with E-state index in [-0.39, 0.29) is 5.91 Å². The van der Waals surface area contributed by atoms with Crippen molar-refractivity contribution in [3.05, 3.63) is 22.7 Å². The Kier molecular flexibility index (Phi) is 4.58. The number of hydrogen-bond acceptors (Lipinski definition) is 3. The van der Waals surface area contributed by atoms with Crippen molar-refractivity contribution in [3.63, 3.8) is 0 Å². The third-order valence-corrected chi connectivity index (χ3v) is 2.49. The van der Waals surface area contributed by atoms with E-state index in [1.807, 2.05) is 0 Å². The van der Waals surface area contributed by atoms with E-state index in [1.54, 1.807) is 25.3 Å². The molecule has 1 aromatic rings. The van der Waals surface area contributed by atoms with E-state index < -0.39 is 0 Å². The molecule has 1 rings (SSSR count). The second-order valence-electron chi connectivity index (χ2n) is 3.03. The Hall–Kier alpha value is -1.07. The molecule has 0 bridgehead atoms. The number of anilines is 2. The maximum Gasteiger partial charge on any atom is 0.226 e. The van der Waals surface area contributed by atoms with Crippen molar-refractivity contribution < 1.29 is 9.53 Å². The number of nitrogens with one attached hydrogen (secondary N) is 1. The number of rotatable bonds is 4. The van der Waals surface area contributed by atoms with Crippen LogP contribution in [0.5, 0.6) is 0 Å². The van der Waals surface area contributed by atoms with Crippen LogP contribution in [0.1, 0.15) is 6.42 Å². The molecule has 1 aromatic carbocycles. The largest absolute Gasteiger partial charge is 0.399 e. The highest BCUT2D eigenvalue weighted by Gasteiger charge is 2.05. The molecule has 0 aliphatic carbocycles. The summed E-state index contributed by atoms with van der Waals surface area (Å²) in [7, 11) is 1.56. The Bertz CT molecular complexity index is 355. The van der Waals surface area contributed by atoms with E-state index in [0.29, 0.717) is 24.4 Å². The highest BCUT2D eigenvalue weighted by molar-refractivity contribution is 9.10. The Morgan fingerprint density at radius 3 is 3.00 bits per heavy atom. The number of halogens is 1. The second kappa shape index (κ2) is 5.72. The Balaban J connectivity index is 2.63. The first kappa shape index (κ1) is 12.0.